The van der Waals surface area contributed by atoms with Gasteiger partial charge in [0.1, 0.15) is 4.90 Å². The van der Waals surface area contributed by atoms with Crippen LogP contribution in [0.2, 0.25) is 0 Å². The molecule has 0 aromatic heterocycles. The van der Waals surface area contributed by atoms with Crippen molar-refractivity contribution in [2.24, 2.45) is 0 Å². The number of nitrogens with two attached hydrogens (primary N) is 1. The van der Waals surface area contributed by atoms with Crippen molar-refractivity contribution >= 4 is 15.7 Å². The van der Waals surface area contributed by atoms with E-state index in [0.717, 1.165) is 19.3 Å². The highest BCUT2D eigenvalue weighted by Crippen LogP contribution is 2.24. The lowest BCUT2D eigenvalue weighted by Crippen LogP contribution is -2.40. The molecular formula is C12H18N2O3S. The van der Waals surface area contributed by atoms with Gasteiger partial charge >= 0.3 is 0 Å². The topological polar surface area (TPSA) is 81.4 Å². The number of ether oxygens (including phenoxy) is 1. The van der Waals surface area contributed by atoms with Gasteiger partial charge in [0, 0.05) is 13.2 Å². The fourth-order valence-electron chi connectivity index (χ4n) is 2.33. The molecule has 0 radical (unpaired) electrons. The molecule has 1 aromatic carbocycles. The summed E-state index contributed by atoms with van der Waals surface area (Å²) in [6.07, 6.45) is 2.60. The number of para-hydroxylation sites is 1. The lowest BCUT2D eigenvalue weighted by molar-refractivity contribution is 0.0916. The number of hydrogen-bond acceptors (Lipinski definition) is 4. The molecule has 5 nitrogen and oxygen atoms in total. The van der Waals surface area contributed by atoms with E-state index < -0.39 is 10.0 Å². The third-order valence-electron chi connectivity index (χ3n) is 3.27. The summed E-state index contributed by atoms with van der Waals surface area (Å²) >= 11 is 0. The Morgan fingerprint density at radius 3 is 2.72 bits per heavy atom. The van der Waals surface area contributed by atoms with E-state index in [1.54, 1.807) is 25.3 Å². The molecule has 1 aromatic rings. The van der Waals surface area contributed by atoms with E-state index in [0.29, 0.717) is 0 Å². The minimum atomic E-state index is -3.57. The van der Waals surface area contributed by atoms with Crippen LogP contribution in [0.4, 0.5) is 5.69 Å². The van der Waals surface area contributed by atoms with Gasteiger partial charge in [0.15, 0.2) is 0 Å². The van der Waals surface area contributed by atoms with Crippen LogP contribution >= 0.6 is 0 Å². The number of sulfonamides is 1. The van der Waals surface area contributed by atoms with Crippen LogP contribution in [0, 0.1) is 0 Å². The quantitative estimate of drug-likeness (QED) is 0.803. The fourth-order valence-corrected chi connectivity index (χ4v) is 3.76. The predicted molar refractivity (Wildman–Crippen MR) is 69.6 cm³/mol. The van der Waals surface area contributed by atoms with Gasteiger partial charge in [0.25, 0.3) is 0 Å². The number of benzene rings is 1. The molecule has 18 heavy (non-hydrogen) atoms. The van der Waals surface area contributed by atoms with E-state index in [1.807, 2.05) is 0 Å². The van der Waals surface area contributed by atoms with E-state index in [-0.39, 0.29) is 22.7 Å². The zero-order chi connectivity index (χ0) is 13.2. The molecule has 2 rings (SSSR count). The van der Waals surface area contributed by atoms with Gasteiger partial charge < -0.3 is 10.5 Å². The molecule has 0 heterocycles. The Balaban J connectivity index is 2.20. The number of nitrogens with one attached hydrogen (secondary N) is 1. The zero-order valence-corrected chi connectivity index (χ0v) is 11.1. The molecule has 1 saturated carbocycles. The molecule has 100 valence electrons. The molecule has 0 aliphatic heterocycles. The summed E-state index contributed by atoms with van der Waals surface area (Å²) < 4.78 is 32.4. The van der Waals surface area contributed by atoms with Gasteiger partial charge in [-0.25, -0.2) is 13.1 Å². The lowest BCUT2D eigenvalue weighted by Gasteiger charge is -2.20. The van der Waals surface area contributed by atoms with Crippen LogP contribution < -0.4 is 10.5 Å². The highest BCUT2D eigenvalue weighted by Gasteiger charge is 2.31. The molecule has 0 bridgehead atoms. The molecule has 0 spiro atoms. The first-order valence-corrected chi connectivity index (χ1v) is 7.42. The number of nitrogen functional groups attached to an aromatic ring is 1. The second kappa shape index (κ2) is 5.26. The van der Waals surface area contributed by atoms with Crippen LogP contribution in [-0.4, -0.2) is 27.7 Å². The summed E-state index contributed by atoms with van der Waals surface area (Å²) in [6.45, 7) is 0. The molecule has 2 unspecified atom stereocenters. The first kappa shape index (κ1) is 13.3. The highest BCUT2D eigenvalue weighted by molar-refractivity contribution is 7.89. The van der Waals surface area contributed by atoms with Crippen LogP contribution in [0.3, 0.4) is 0 Å². The molecule has 1 aliphatic carbocycles. The van der Waals surface area contributed by atoms with Crippen molar-refractivity contribution in [3.63, 3.8) is 0 Å². The van der Waals surface area contributed by atoms with E-state index in [2.05, 4.69) is 4.72 Å². The van der Waals surface area contributed by atoms with E-state index in [1.165, 1.54) is 6.07 Å². The Hall–Kier alpha value is -1.11. The Morgan fingerprint density at radius 2 is 2.06 bits per heavy atom. The first-order chi connectivity index (χ1) is 8.54. The van der Waals surface area contributed by atoms with Crippen molar-refractivity contribution in [2.75, 3.05) is 12.8 Å². The molecule has 1 aliphatic rings. The van der Waals surface area contributed by atoms with Gasteiger partial charge in [-0.2, -0.15) is 0 Å². The molecule has 6 heteroatoms. The largest absolute Gasteiger partial charge is 0.398 e. The summed E-state index contributed by atoms with van der Waals surface area (Å²) in [4.78, 5) is 0.131. The van der Waals surface area contributed by atoms with Gasteiger partial charge in [0.2, 0.25) is 10.0 Å². The van der Waals surface area contributed by atoms with Crippen LogP contribution in [0.1, 0.15) is 19.3 Å². The average molecular weight is 270 g/mol. The van der Waals surface area contributed by atoms with Crippen molar-refractivity contribution in [1.82, 2.24) is 4.72 Å². The molecular weight excluding hydrogens is 252 g/mol. The molecule has 3 N–H and O–H groups in total. The van der Waals surface area contributed by atoms with Crippen molar-refractivity contribution in [1.29, 1.82) is 0 Å². The summed E-state index contributed by atoms with van der Waals surface area (Å²) in [6, 6.07) is 6.29. The average Bonchev–Trinajstić information content (AvgIpc) is 2.76. The highest BCUT2D eigenvalue weighted by atomic mass is 32.2. The van der Waals surface area contributed by atoms with Crippen molar-refractivity contribution in [2.45, 2.75) is 36.3 Å². The van der Waals surface area contributed by atoms with Crippen LogP contribution in [0.25, 0.3) is 0 Å². The molecule has 2 atom stereocenters. The van der Waals surface area contributed by atoms with Crippen molar-refractivity contribution < 1.29 is 13.2 Å². The number of rotatable bonds is 4. The SMILES string of the molecule is COC1CCCC1NS(=O)(=O)c1ccccc1N. The van der Waals surface area contributed by atoms with Gasteiger partial charge in [-0.3, -0.25) is 0 Å². The summed E-state index contributed by atoms with van der Waals surface area (Å²) in [5.74, 6) is 0. The van der Waals surface area contributed by atoms with Crippen molar-refractivity contribution in [3.8, 4) is 0 Å². The smallest absolute Gasteiger partial charge is 0.242 e. The van der Waals surface area contributed by atoms with Gasteiger partial charge in [-0.15, -0.1) is 0 Å². The van der Waals surface area contributed by atoms with E-state index in [4.69, 9.17) is 10.5 Å². The summed E-state index contributed by atoms with van der Waals surface area (Å²) in [5, 5.41) is 0. The monoisotopic (exact) mass is 270 g/mol. The van der Waals surface area contributed by atoms with Gasteiger partial charge in [-0.1, -0.05) is 12.1 Å². The molecule has 0 saturated heterocycles. The van der Waals surface area contributed by atoms with Crippen LogP contribution in [-0.2, 0) is 14.8 Å². The number of anilines is 1. The summed E-state index contributed by atoms with van der Waals surface area (Å²) in [7, 11) is -1.97. The number of hydrogen-bond donors (Lipinski definition) is 2. The third kappa shape index (κ3) is 2.66. The minimum absolute atomic E-state index is 0.0512. The molecule has 0 amide bonds. The van der Waals surface area contributed by atoms with Gasteiger partial charge in [-0.05, 0) is 31.4 Å². The Bertz CT molecular complexity index is 516. The Morgan fingerprint density at radius 1 is 1.33 bits per heavy atom. The predicted octanol–water partition coefficient (Wildman–Crippen LogP) is 1.11. The maximum absolute atomic E-state index is 12.2. The number of methoxy groups -OCH3 is 1. The van der Waals surface area contributed by atoms with Crippen LogP contribution in [0.15, 0.2) is 29.2 Å². The Labute approximate surface area is 107 Å². The second-order valence-electron chi connectivity index (χ2n) is 4.47. The minimum Gasteiger partial charge on any atom is -0.398 e. The third-order valence-corrected chi connectivity index (χ3v) is 4.83. The lowest BCUT2D eigenvalue weighted by atomic mass is 10.2. The molecule has 1 fully saturated rings. The zero-order valence-electron chi connectivity index (χ0n) is 10.3. The van der Waals surface area contributed by atoms with E-state index in [9.17, 15) is 8.42 Å². The fraction of sp³-hybridized carbons (Fsp3) is 0.500. The van der Waals surface area contributed by atoms with Crippen molar-refractivity contribution in [3.05, 3.63) is 24.3 Å². The van der Waals surface area contributed by atoms with Crippen LogP contribution in [0.5, 0.6) is 0 Å². The Kier molecular flexibility index (Phi) is 3.89. The normalized spacial score (nSPS) is 24.3. The maximum atomic E-state index is 12.2. The first-order valence-electron chi connectivity index (χ1n) is 5.94. The van der Waals surface area contributed by atoms with Gasteiger partial charge in [0.05, 0.1) is 11.8 Å². The van der Waals surface area contributed by atoms with E-state index >= 15 is 0 Å². The maximum Gasteiger partial charge on any atom is 0.242 e. The standard InChI is InChI=1S/C12H18N2O3S/c1-17-11-7-4-6-10(11)14-18(15,16)12-8-3-2-5-9(12)13/h2-3,5,8,10-11,14H,4,6-7,13H2,1H3. The second-order valence-corrected chi connectivity index (χ2v) is 6.15. The summed E-state index contributed by atoms with van der Waals surface area (Å²) in [5.41, 5.74) is 5.96.